The summed E-state index contributed by atoms with van der Waals surface area (Å²) >= 11 is 11.8. The Morgan fingerprint density at radius 1 is 1.40 bits per heavy atom. The van der Waals surface area contributed by atoms with Crippen molar-refractivity contribution < 1.29 is 0 Å². The number of hydrogen-bond acceptors (Lipinski definition) is 1. The lowest BCUT2D eigenvalue weighted by Gasteiger charge is -2.10. The molecule has 2 rings (SSSR count). The van der Waals surface area contributed by atoms with Gasteiger partial charge >= 0.3 is 0 Å². The molecule has 1 heterocycles. The fourth-order valence-electron chi connectivity index (χ4n) is 1.39. The summed E-state index contributed by atoms with van der Waals surface area (Å²) in [4.78, 5) is 6.47. The topological polar surface area (TPSA) is 27.6 Å². The molecule has 0 atom stereocenters. The van der Waals surface area contributed by atoms with Crippen molar-refractivity contribution >= 4 is 34.8 Å². The van der Waals surface area contributed by atoms with Crippen molar-refractivity contribution in [3.8, 4) is 0 Å². The average molecular weight is 244 g/mol. The molecule has 0 amide bonds. The van der Waals surface area contributed by atoms with Gasteiger partial charge < -0.3 is 10.2 Å². The Morgan fingerprint density at radius 3 is 2.80 bits per heavy atom. The molecule has 0 bridgehead atoms. The van der Waals surface area contributed by atoms with Crippen LogP contribution in [0, 0.1) is 0 Å². The van der Waals surface area contributed by atoms with E-state index in [1.54, 1.807) is 12.1 Å². The van der Waals surface area contributed by atoms with Crippen molar-refractivity contribution in [2.24, 2.45) is 4.99 Å². The number of hydrogen-bond donors (Lipinski definition) is 1. The van der Waals surface area contributed by atoms with E-state index in [1.807, 2.05) is 18.0 Å². The first-order valence-electron chi connectivity index (χ1n) is 4.65. The van der Waals surface area contributed by atoms with Crippen molar-refractivity contribution in [1.82, 2.24) is 10.2 Å². The van der Waals surface area contributed by atoms with Crippen LogP contribution in [-0.2, 0) is 0 Å². The Hall–Kier alpha value is -0.930. The summed E-state index contributed by atoms with van der Waals surface area (Å²) in [6, 6.07) is 5.28. The normalized spacial score (nSPS) is 18.3. The highest BCUT2D eigenvalue weighted by atomic mass is 35.5. The van der Waals surface area contributed by atoms with Gasteiger partial charge in [0.2, 0.25) is 0 Å². The maximum Gasteiger partial charge on any atom is 0.199 e. The molecule has 1 aliphatic rings. The molecular formula is C10H11Cl2N3. The molecule has 1 aromatic rings. The number of aliphatic imine (C=N–C) groups is 1. The highest BCUT2D eigenvalue weighted by Gasteiger charge is 2.13. The molecule has 0 aromatic heterocycles. The predicted octanol–water partition coefficient (Wildman–Crippen LogP) is 2.52. The maximum absolute atomic E-state index is 6.02. The summed E-state index contributed by atoms with van der Waals surface area (Å²) in [5.74, 6) is 0.847. The van der Waals surface area contributed by atoms with E-state index >= 15 is 0 Å². The second-order valence-corrected chi connectivity index (χ2v) is 4.22. The summed E-state index contributed by atoms with van der Waals surface area (Å²) in [5, 5.41) is 4.37. The Balaban J connectivity index is 2.30. The van der Waals surface area contributed by atoms with Gasteiger partial charge in [0, 0.05) is 25.2 Å². The van der Waals surface area contributed by atoms with E-state index in [0.717, 1.165) is 24.7 Å². The molecule has 5 heteroatoms. The highest BCUT2D eigenvalue weighted by Crippen LogP contribution is 2.28. The van der Waals surface area contributed by atoms with Gasteiger partial charge in [-0.15, -0.1) is 0 Å². The molecule has 0 saturated carbocycles. The van der Waals surface area contributed by atoms with E-state index in [0.29, 0.717) is 10.0 Å². The number of nitrogens with zero attached hydrogens (tertiary/aromatic N) is 2. The van der Waals surface area contributed by atoms with Gasteiger partial charge in [-0.25, -0.2) is 4.99 Å². The number of rotatable bonds is 1. The first-order chi connectivity index (χ1) is 7.16. The number of benzene rings is 1. The van der Waals surface area contributed by atoms with E-state index in [1.165, 1.54) is 0 Å². The van der Waals surface area contributed by atoms with Crippen molar-refractivity contribution in [2.75, 3.05) is 20.1 Å². The van der Waals surface area contributed by atoms with Gasteiger partial charge in [-0.05, 0) is 18.2 Å². The molecule has 1 aromatic carbocycles. The average Bonchev–Trinajstić information content (AvgIpc) is 2.57. The van der Waals surface area contributed by atoms with Gasteiger partial charge in [-0.1, -0.05) is 23.2 Å². The van der Waals surface area contributed by atoms with Crippen LogP contribution in [0.15, 0.2) is 23.2 Å². The van der Waals surface area contributed by atoms with Crippen molar-refractivity contribution in [3.05, 3.63) is 28.2 Å². The third kappa shape index (κ3) is 2.36. The van der Waals surface area contributed by atoms with E-state index in [-0.39, 0.29) is 0 Å². The first kappa shape index (κ1) is 10.6. The zero-order valence-electron chi connectivity index (χ0n) is 8.30. The lowest BCUT2D eigenvalue weighted by Crippen LogP contribution is -2.25. The summed E-state index contributed by atoms with van der Waals surface area (Å²) < 4.78 is 0. The standard InChI is InChI=1S/C10H11Cl2N3/c1-15-5-4-13-10(15)14-9-3-2-7(11)6-8(9)12/h2-3,6H,4-5H2,1H3,(H,13,14). The third-order valence-electron chi connectivity index (χ3n) is 2.23. The van der Waals surface area contributed by atoms with E-state index in [9.17, 15) is 0 Å². The molecule has 0 spiro atoms. The molecule has 1 fully saturated rings. The predicted molar refractivity (Wildman–Crippen MR) is 64.2 cm³/mol. The van der Waals surface area contributed by atoms with Gasteiger partial charge in [0.25, 0.3) is 0 Å². The van der Waals surface area contributed by atoms with E-state index in [2.05, 4.69) is 10.3 Å². The SMILES string of the molecule is CN1CCN/C1=N\c1ccc(Cl)cc1Cl. The molecule has 0 aliphatic carbocycles. The van der Waals surface area contributed by atoms with Crippen LogP contribution < -0.4 is 5.32 Å². The summed E-state index contributed by atoms with van der Waals surface area (Å²) in [6.45, 7) is 1.88. The van der Waals surface area contributed by atoms with Crippen LogP contribution in [0.3, 0.4) is 0 Å². The zero-order valence-corrected chi connectivity index (χ0v) is 9.81. The van der Waals surface area contributed by atoms with Crippen LogP contribution in [0.5, 0.6) is 0 Å². The lowest BCUT2D eigenvalue weighted by molar-refractivity contribution is 0.563. The van der Waals surface area contributed by atoms with Gasteiger partial charge in [0.05, 0.1) is 10.7 Å². The second kappa shape index (κ2) is 4.29. The minimum atomic E-state index is 0.567. The van der Waals surface area contributed by atoms with Crippen LogP contribution in [0.4, 0.5) is 5.69 Å². The minimum Gasteiger partial charge on any atom is -0.354 e. The lowest BCUT2D eigenvalue weighted by atomic mass is 10.3. The van der Waals surface area contributed by atoms with Crippen LogP contribution >= 0.6 is 23.2 Å². The van der Waals surface area contributed by atoms with Crippen LogP contribution in [-0.4, -0.2) is 31.0 Å². The van der Waals surface area contributed by atoms with Gasteiger partial charge in [-0.2, -0.15) is 0 Å². The molecule has 1 N–H and O–H groups in total. The third-order valence-corrected chi connectivity index (χ3v) is 2.77. The Morgan fingerprint density at radius 2 is 2.20 bits per heavy atom. The van der Waals surface area contributed by atoms with Crippen LogP contribution in [0.2, 0.25) is 10.0 Å². The van der Waals surface area contributed by atoms with Crippen molar-refractivity contribution in [2.45, 2.75) is 0 Å². The second-order valence-electron chi connectivity index (χ2n) is 3.38. The maximum atomic E-state index is 6.02. The zero-order chi connectivity index (χ0) is 10.8. The fraction of sp³-hybridized carbons (Fsp3) is 0.300. The quantitative estimate of drug-likeness (QED) is 0.821. The molecule has 0 radical (unpaired) electrons. The summed E-state index contributed by atoms with van der Waals surface area (Å²) in [6.07, 6.45) is 0. The number of halogens is 2. The molecule has 1 aliphatic heterocycles. The first-order valence-corrected chi connectivity index (χ1v) is 5.41. The molecule has 0 unspecified atom stereocenters. The van der Waals surface area contributed by atoms with E-state index < -0.39 is 0 Å². The Labute approximate surface area is 98.7 Å². The highest BCUT2D eigenvalue weighted by molar-refractivity contribution is 6.36. The molecule has 15 heavy (non-hydrogen) atoms. The monoisotopic (exact) mass is 243 g/mol. The fourth-order valence-corrected chi connectivity index (χ4v) is 1.84. The van der Waals surface area contributed by atoms with Gasteiger partial charge in [-0.3, -0.25) is 0 Å². The smallest absolute Gasteiger partial charge is 0.199 e. The number of likely N-dealkylation sites (N-methyl/N-ethyl adjacent to an activating group) is 1. The summed E-state index contributed by atoms with van der Waals surface area (Å²) in [5.41, 5.74) is 0.734. The largest absolute Gasteiger partial charge is 0.354 e. The Bertz CT molecular complexity index is 404. The van der Waals surface area contributed by atoms with Gasteiger partial charge in [0.1, 0.15) is 0 Å². The van der Waals surface area contributed by atoms with E-state index in [4.69, 9.17) is 23.2 Å². The number of nitrogens with one attached hydrogen (secondary N) is 1. The van der Waals surface area contributed by atoms with Crippen LogP contribution in [0.1, 0.15) is 0 Å². The van der Waals surface area contributed by atoms with Crippen molar-refractivity contribution in [1.29, 1.82) is 0 Å². The molecule has 80 valence electrons. The molecular weight excluding hydrogens is 233 g/mol. The van der Waals surface area contributed by atoms with Crippen LogP contribution in [0.25, 0.3) is 0 Å². The van der Waals surface area contributed by atoms with Gasteiger partial charge in [0.15, 0.2) is 5.96 Å². The summed E-state index contributed by atoms with van der Waals surface area (Å²) in [7, 11) is 1.99. The Kier molecular flexibility index (Phi) is 3.03. The minimum absolute atomic E-state index is 0.567. The molecule has 3 nitrogen and oxygen atoms in total. The number of guanidine groups is 1. The van der Waals surface area contributed by atoms with Crippen molar-refractivity contribution in [3.63, 3.8) is 0 Å². The molecule has 1 saturated heterocycles.